The van der Waals surface area contributed by atoms with Crippen LogP contribution in [0.2, 0.25) is 0 Å². The highest BCUT2D eigenvalue weighted by Crippen LogP contribution is 2.26. The molecule has 0 atom stereocenters. The number of rotatable bonds is 2. The lowest BCUT2D eigenvalue weighted by Gasteiger charge is -2.05. The Morgan fingerprint density at radius 2 is 1.56 bits per heavy atom. The summed E-state index contributed by atoms with van der Waals surface area (Å²) in [6, 6.07) is 19.0. The lowest BCUT2D eigenvalue weighted by Crippen LogP contribution is -1.81. The lowest BCUT2D eigenvalue weighted by molar-refractivity contribution is 0.343. The summed E-state index contributed by atoms with van der Waals surface area (Å²) in [7, 11) is 0. The van der Waals surface area contributed by atoms with Gasteiger partial charge < -0.3 is 5.11 Å². The van der Waals surface area contributed by atoms with Gasteiger partial charge in [0.25, 0.3) is 0 Å². The van der Waals surface area contributed by atoms with E-state index in [0.717, 1.165) is 5.56 Å². The van der Waals surface area contributed by atoms with E-state index in [9.17, 15) is 0 Å². The smallest absolute Gasteiger partial charge is 0.0615 e. The molecule has 0 saturated carbocycles. The molecule has 0 heterocycles. The van der Waals surface area contributed by atoms with E-state index in [1.807, 2.05) is 12.1 Å². The predicted molar refractivity (Wildman–Crippen MR) is 77.6 cm³/mol. The van der Waals surface area contributed by atoms with E-state index in [1.165, 1.54) is 21.5 Å². The van der Waals surface area contributed by atoms with Crippen molar-refractivity contribution in [2.45, 2.75) is 0 Å². The van der Waals surface area contributed by atoms with E-state index in [1.54, 1.807) is 6.08 Å². The average molecular weight is 234 g/mol. The molecule has 3 rings (SSSR count). The van der Waals surface area contributed by atoms with Crippen molar-refractivity contribution in [3.8, 4) is 0 Å². The van der Waals surface area contributed by atoms with E-state index < -0.39 is 0 Å². The maximum atomic E-state index is 8.88. The van der Waals surface area contributed by atoms with Crippen LogP contribution in [0.4, 0.5) is 0 Å². The topological polar surface area (TPSA) is 20.2 Å². The van der Waals surface area contributed by atoms with Gasteiger partial charge in [-0.25, -0.2) is 0 Å². The Balaban J connectivity index is 2.32. The van der Waals surface area contributed by atoms with Crippen molar-refractivity contribution >= 4 is 27.6 Å². The summed E-state index contributed by atoms with van der Waals surface area (Å²) < 4.78 is 0. The Morgan fingerprint density at radius 1 is 0.833 bits per heavy atom. The van der Waals surface area contributed by atoms with Crippen molar-refractivity contribution < 1.29 is 5.11 Å². The van der Waals surface area contributed by atoms with Gasteiger partial charge in [0.15, 0.2) is 0 Å². The normalized spacial score (nSPS) is 11.6. The first-order chi connectivity index (χ1) is 8.88. The summed E-state index contributed by atoms with van der Waals surface area (Å²) in [5, 5.41) is 13.8. The summed E-state index contributed by atoms with van der Waals surface area (Å²) in [5.74, 6) is 0. The molecule has 0 fully saturated rings. The van der Waals surface area contributed by atoms with E-state index in [2.05, 4.69) is 48.5 Å². The van der Waals surface area contributed by atoms with Crippen LogP contribution in [-0.4, -0.2) is 11.7 Å². The fourth-order valence-corrected chi connectivity index (χ4v) is 2.32. The van der Waals surface area contributed by atoms with Crippen LogP contribution in [0.5, 0.6) is 0 Å². The van der Waals surface area contributed by atoms with Crippen molar-refractivity contribution in [2.75, 3.05) is 6.61 Å². The van der Waals surface area contributed by atoms with Gasteiger partial charge in [-0.2, -0.15) is 0 Å². The fraction of sp³-hybridized carbons (Fsp3) is 0.0588. The summed E-state index contributed by atoms with van der Waals surface area (Å²) in [4.78, 5) is 0. The number of aliphatic hydroxyl groups excluding tert-OH is 1. The molecule has 3 aromatic rings. The number of benzene rings is 3. The minimum atomic E-state index is 0.0734. The first-order valence-electron chi connectivity index (χ1n) is 6.07. The first kappa shape index (κ1) is 11.0. The van der Waals surface area contributed by atoms with Crippen LogP contribution in [0.1, 0.15) is 5.56 Å². The van der Waals surface area contributed by atoms with Gasteiger partial charge in [0, 0.05) is 0 Å². The van der Waals surface area contributed by atoms with Gasteiger partial charge in [-0.05, 0) is 39.2 Å². The molecule has 3 aromatic carbocycles. The van der Waals surface area contributed by atoms with Crippen LogP contribution >= 0.6 is 0 Å². The molecule has 1 N–H and O–H groups in total. The number of hydrogen-bond donors (Lipinski definition) is 1. The van der Waals surface area contributed by atoms with E-state index in [0.29, 0.717) is 0 Å². The van der Waals surface area contributed by atoms with Crippen molar-refractivity contribution in [1.29, 1.82) is 0 Å². The SMILES string of the molecule is OCC=Cc1cccc2cc3ccccc3cc12. The van der Waals surface area contributed by atoms with Gasteiger partial charge >= 0.3 is 0 Å². The predicted octanol–water partition coefficient (Wildman–Crippen LogP) is 4.00. The zero-order valence-electron chi connectivity index (χ0n) is 10.0. The molecule has 1 heteroatoms. The maximum Gasteiger partial charge on any atom is 0.0615 e. The second-order valence-corrected chi connectivity index (χ2v) is 4.35. The molecule has 0 amide bonds. The Labute approximate surface area is 106 Å². The molecular weight excluding hydrogens is 220 g/mol. The molecule has 0 radical (unpaired) electrons. The molecule has 0 spiro atoms. The van der Waals surface area contributed by atoms with Crippen molar-refractivity contribution in [2.24, 2.45) is 0 Å². The molecular formula is C17H14O. The summed E-state index contributed by atoms with van der Waals surface area (Å²) in [6.07, 6.45) is 3.74. The second-order valence-electron chi connectivity index (χ2n) is 4.35. The largest absolute Gasteiger partial charge is 0.392 e. The van der Waals surface area contributed by atoms with E-state index in [-0.39, 0.29) is 6.61 Å². The number of hydrogen-bond acceptors (Lipinski definition) is 1. The van der Waals surface area contributed by atoms with Gasteiger partial charge in [0.2, 0.25) is 0 Å². The number of aliphatic hydroxyl groups is 1. The highest BCUT2D eigenvalue weighted by Gasteiger charge is 2.00. The van der Waals surface area contributed by atoms with Gasteiger partial charge in [0.1, 0.15) is 0 Å². The second kappa shape index (κ2) is 4.63. The average Bonchev–Trinajstić information content (AvgIpc) is 2.43. The molecule has 0 aliphatic heterocycles. The van der Waals surface area contributed by atoms with Crippen molar-refractivity contribution in [3.05, 3.63) is 66.2 Å². The summed E-state index contributed by atoms with van der Waals surface area (Å²) in [5.41, 5.74) is 1.15. The Bertz CT molecular complexity index is 726. The molecule has 0 bridgehead atoms. The van der Waals surface area contributed by atoms with Crippen LogP contribution in [-0.2, 0) is 0 Å². The first-order valence-corrected chi connectivity index (χ1v) is 6.07. The monoisotopic (exact) mass is 234 g/mol. The number of fused-ring (bicyclic) bond motifs is 2. The maximum absolute atomic E-state index is 8.88. The van der Waals surface area contributed by atoms with Crippen LogP contribution in [0.3, 0.4) is 0 Å². The van der Waals surface area contributed by atoms with E-state index in [4.69, 9.17) is 5.11 Å². The highest BCUT2D eigenvalue weighted by molar-refractivity contribution is 6.01. The van der Waals surface area contributed by atoms with Gasteiger partial charge in [-0.1, -0.05) is 54.6 Å². The molecule has 1 nitrogen and oxygen atoms in total. The van der Waals surface area contributed by atoms with Crippen LogP contribution in [0.15, 0.2) is 60.7 Å². The summed E-state index contributed by atoms with van der Waals surface area (Å²) >= 11 is 0. The summed E-state index contributed by atoms with van der Waals surface area (Å²) in [6.45, 7) is 0.0734. The third-order valence-corrected chi connectivity index (χ3v) is 3.18. The fourth-order valence-electron chi connectivity index (χ4n) is 2.32. The Morgan fingerprint density at radius 3 is 2.33 bits per heavy atom. The van der Waals surface area contributed by atoms with Gasteiger partial charge in [0.05, 0.1) is 6.61 Å². The van der Waals surface area contributed by atoms with Crippen molar-refractivity contribution in [1.82, 2.24) is 0 Å². The minimum absolute atomic E-state index is 0.0734. The Hall–Kier alpha value is -2.12. The third-order valence-electron chi connectivity index (χ3n) is 3.18. The standard InChI is InChI=1S/C17H14O/c18-10-4-9-13-7-3-8-16-11-14-5-1-2-6-15(14)12-17(13)16/h1-9,11-12,18H,10H2. The molecule has 0 aliphatic rings. The molecule has 0 aromatic heterocycles. The minimum Gasteiger partial charge on any atom is -0.392 e. The van der Waals surface area contributed by atoms with Crippen LogP contribution < -0.4 is 0 Å². The van der Waals surface area contributed by atoms with Crippen LogP contribution in [0.25, 0.3) is 27.6 Å². The third kappa shape index (κ3) is 1.89. The molecule has 0 unspecified atom stereocenters. The Kier molecular flexibility index (Phi) is 2.83. The quantitative estimate of drug-likeness (QED) is 0.664. The molecule has 0 aliphatic carbocycles. The van der Waals surface area contributed by atoms with Gasteiger partial charge in [-0.3, -0.25) is 0 Å². The van der Waals surface area contributed by atoms with Gasteiger partial charge in [-0.15, -0.1) is 0 Å². The van der Waals surface area contributed by atoms with Crippen LogP contribution in [0, 0.1) is 0 Å². The zero-order chi connectivity index (χ0) is 12.4. The van der Waals surface area contributed by atoms with Crippen molar-refractivity contribution in [3.63, 3.8) is 0 Å². The molecule has 18 heavy (non-hydrogen) atoms. The lowest BCUT2D eigenvalue weighted by atomic mass is 9.99. The molecule has 88 valence electrons. The highest BCUT2D eigenvalue weighted by atomic mass is 16.2. The molecule has 0 saturated heterocycles. The van der Waals surface area contributed by atoms with E-state index >= 15 is 0 Å². The zero-order valence-corrected chi connectivity index (χ0v) is 10.0.